The number of amides is 2. The molecule has 2 aromatic rings. The number of halogens is 1. The second-order valence-electron chi connectivity index (χ2n) is 7.16. The molecule has 0 aromatic heterocycles. The van der Waals surface area contributed by atoms with Gasteiger partial charge in [0.05, 0.1) is 23.2 Å². The van der Waals surface area contributed by atoms with Crippen LogP contribution in [0.5, 0.6) is 0 Å². The monoisotopic (exact) mass is 430 g/mol. The normalized spacial score (nSPS) is 12.5. The maximum atomic E-state index is 12.7. The molecule has 0 bridgehead atoms. The molecule has 0 unspecified atom stereocenters. The number of ether oxygens (including phenoxy) is 1. The van der Waals surface area contributed by atoms with Gasteiger partial charge in [-0.05, 0) is 23.6 Å². The van der Waals surface area contributed by atoms with Gasteiger partial charge in [0.15, 0.2) is 6.61 Å². The summed E-state index contributed by atoms with van der Waals surface area (Å²) in [5.74, 6) is -1.69. The predicted octanol–water partition coefficient (Wildman–Crippen LogP) is 4.11. The molecule has 0 aliphatic rings. The van der Waals surface area contributed by atoms with Crippen LogP contribution in [0.2, 0.25) is 5.02 Å². The number of rotatable bonds is 9. The van der Waals surface area contributed by atoms with E-state index in [1.807, 2.05) is 44.2 Å². The third kappa shape index (κ3) is 6.59. The Morgan fingerprint density at radius 3 is 2.33 bits per heavy atom. The maximum absolute atomic E-state index is 12.7. The molecule has 0 saturated carbocycles. The molecule has 2 amide bonds. The zero-order valence-electron chi connectivity index (χ0n) is 17.4. The summed E-state index contributed by atoms with van der Waals surface area (Å²) in [5, 5.41) is 3.06. The number of carbonyl (C=O) groups is 3. The molecule has 0 fully saturated rings. The molecule has 0 spiro atoms. The second-order valence-corrected chi connectivity index (χ2v) is 7.57. The molecular formula is C23H27ClN2O4. The van der Waals surface area contributed by atoms with Crippen LogP contribution in [0, 0.1) is 5.92 Å². The minimum absolute atomic E-state index is 0.0640. The number of nitrogens with one attached hydrogen (secondary N) is 1. The van der Waals surface area contributed by atoms with Crippen molar-refractivity contribution < 1.29 is 19.1 Å². The number of hydrogen-bond acceptors (Lipinski definition) is 4. The Balaban J connectivity index is 1.90. The number of likely N-dealkylation sites (N-methyl/N-ethyl adjacent to an activating group) is 1. The predicted molar refractivity (Wildman–Crippen MR) is 117 cm³/mol. The van der Waals surface area contributed by atoms with E-state index in [0.717, 1.165) is 12.0 Å². The van der Waals surface area contributed by atoms with Gasteiger partial charge in [-0.3, -0.25) is 14.4 Å². The van der Waals surface area contributed by atoms with Gasteiger partial charge in [0, 0.05) is 7.05 Å². The van der Waals surface area contributed by atoms with Gasteiger partial charge in [0.2, 0.25) is 5.91 Å². The van der Waals surface area contributed by atoms with Crippen LogP contribution in [-0.4, -0.2) is 42.9 Å². The van der Waals surface area contributed by atoms with Crippen molar-refractivity contribution in [3.05, 3.63) is 65.2 Å². The summed E-state index contributed by atoms with van der Waals surface area (Å²) in [6.07, 6.45) is 0.796. The van der Waals surface area contributed by atoms with E-state index in [9.17, 15) is 14.4 Å². The van der Waals surface area contributed by atoms with Gasteiger partial charge in [0.25, 0.3) is 5.91 Å². The van der Waals surface area contributed by atoms with Crippen molar-refractivity contribution in [3.8, 4) is 0 Å². The molecule has 6 nitrogen and oxygen atoms in total. The van der Waals surface area contributed by atoms with Gasteiger partial charge in [-0.1, -0.05) is 74.3 Å². The number of anilines is 1. The lowest BCUT2D eigenvalue weighted by Gasteiger charge is -2.23. The van der Waals surface area contributed by atoms with E-state index in [2.05, 4.69) is 5.32 Å². The van der Waals surface area contributed by atoms with Crippen molar-refractivity contribution in [2.75, 3.05) is 25.5 Å². The summed E-state index contributed by atoms with van der Waals surface area (Å²) in [5.41, 5.74) is 1.33. The standard InChI is InChI=1S/C23H27ClN2O4/c1-4-16(2)22(17-10-6-5-7-11-17)23(29)30-15-21(28)26(3)14-20(27)25-19-13-9-8-12-18(19)24/h5-13,16,22H,4,14-15H2,1-3H3,(H,25,27)/t16-,22-/m0/s1. The number of nitrogens with zero attached hydrogens (tertiary/aromatic N) is 1. The number of benzene rings is 2. The summed E-state index contributed by atoms with van der Waals surface area (Å²) in [4.78, 5) is 38.4. The lowest BCUT2D eigenvalue weighted by Crippen LogP contribution is -2.38. The van der Waals surface area contributed by atoms with E-state index < -0.39 is 30.3 Å². The van der Waals surface area contributed by atoms with Gasteiger partial charge in [0.1, 0.15) is 0 Å². The Morgan fingerprint density at radius 2 is 1.70 bits per heavy atom. The SMILES string of the molecule is CC[C@H](C)[C@H](C(=O)OCC(=O)N(C)CC(=O)Nc1ccccc1Cl)c1ccccc1. The Bertz CT molecular complexity index is 873. The van der Waals surface area contributed by atoms with Crippen LogP contribution in [0.25, 0.3) is 0 Å². The van der Waals surface area contributed by atoms with E-state index in [1.54, 1.807) is 24.3 Å². The molecule has 160 valence electrons. The van der Waals surface area contributed by atoms with E-state index in [1.165, 1.54) is 11.9 Å². The van der Waals surface area contributed by atoms with Crippen LogP contribution in [0.15, 0.2) is 54.6 Å². The van der Waals surface area contributed by atoms with Crippen LogP contribution < -0.4 is 5.32 Å². The van der Waals surface area contributed by atoms with Crippen molar-refractivity contribution >= 4 is 35.1 Å². The van der Waals surface area contributed by atoms with E-state index in [4.69, 9.17) is 16.3 Å². The highest BCUT2D eigenvalue weighted by Crippen LogP contribution is 2.28. The third-order valence-electron chi connectivity index (χ3n) is 4.92. The summed E-state index contributed by atoms with van der Waals surface area (Å²) >= 11 is 6.02. The fraction of sp³-hybridized carbons (Fsp3) is 0.348. The average Bonchev–Trinajstić information content (AvgIpc) is 2.74. The molecule has 2 atom stereocenters. The van der Waals surface area contributed by atoms with E-state index in [-0.39, 0.29) is 12.5 Å². The molecular weight excluding hydrogens is 404 g/mol. The summed E-state index contributed by atoms with van der Waals surface area (Å²) < 4.78 is 5.30. The molecule has 2 aromatic carbocycles. The number of esters is 1. The van der Waals surface area contributed by atoms with Gasteiger partial charge >= 0.3 is 5.97 Å². The number of hydrogen-bond donors (Lipinski definition) is 1. The van der Waals surface area contributed by atoms with Gasteiger partial charge in [-0.15, -0.1) is 0 Å². The van der Waals surface area contributed by atoms with Crippen LogP contribution in [0.3, 0.4) is 0 Å². The first kappa shape index (κ1) is 23.4. The summed E-state index contributed by atoms with van der Waals surface area (Å²) in [6.45, 7) is 3.37. The summed E-state index contributed by atoms with van der Waals surface area (Å²) in [7, 11) is 1.48. The van der Waals surface area contributed by atoms with Crippen LogP contribution in [0.1, 0.15) is 31.7 Å². The van der Waals surface area contributed by atoms with E-state index >= 15 is 0 Å². The number of para-hydroxylation sites is 1. The first-order valence-electron chi connectivity index (χ1n) is 9.83. The fourth-order valence-corrected chi connectivity index (χ4v) is 3.16. The maximum Gasteiger partial charge on any atom is 0.314 e. The van der Waals surface area contributed by atoms with Crippen molar-refractivity contribution in [3.63, 3.8) is 0 Å². The van der Waals surface area contributed by atoms with Crippen LogP contribution >= 0.6 is 11.6 Å². The number of carbonyl (C=O) groups excluding carboxylic acids is 3. The van der Waals surface area contributed by atoms with E-state index in [0.29, 0.717) is 10.7 Å². The quantitative estimate of drug-likeness (QED) is 0.607. The minimum atomic E-state index is -0.464. The Labute approximate surface area is 182 Å². The molecule has 0 aliphatic heterocycles. The van der Waals surface area contributed by atoms with Crippen molar-refractivity contribution in [1.29, 1.82) is 0 Å². The van der Waals surface area contributed by atoms with Gasteiger partial charge in [-0.25, -0.2) is 0 Å². The minimum Gasteiger partial charge on any atom is -0.455 e. The highest BCUT2D eigenvalue weighted by molar-refractivity contribution is 6.33. The second kappa shape index (κ2) is 11.4. The first-order valence-corrected chi connectivity index (χ1v) is 10.2. The molecule has 1 N–H and O–H groups in total. The van der Waals surface area contributed by atoms with Crippen LogP contribution in [0.4, 0.5) is 5.69 Å². The van der Waals surface area contributed by atoms with Gasteiger partial charge in [-0.2, -0.15) is 0 Å². The molecule has 7 heteroatoms. The van der Waals surface area contributed by atoms with Gasteiger partial charge < -0.3 is 15.0 Å². The average molecular weight is 431 g/mol. The first-order chi connectivity index (χ1) is 14.3. The molecule has 2 rings (SSSR count). The Kier molecular flexibility index (Phi) is 8.87. The molecule has 0 radical (unpaired) electrons. The highest BCUT2D eigenvalue weighted by Gasteiger charge is 2.28. The molecule has 0 aliphatic carbocycles. The largest absolute Gasteiger partial charge is 0.455 e. The van der Waals surface area contributed by atoms with Crippen molar-refractivity contribution in [2.45, 2.75) is 26.2 Å². The topological polar surface area (TPSA) is 75.7 Å². The lowest BCUT2D eigenvalue weighted by molar-refractivity contribution is -0.154. The smallest absolute Gasteiger partial charge is 0.314 e. The third-order valence-corrected chi connectivity index (χ3v) is 5.25. The molecule has 0 saturated heterocycles. The molecule has 30 heavy (non-hydrogen) atoms. The lowest BCUT2D eigenvalue weighted by atomic mass is 9.86. The highest BCUT2D eigenvalue weighted by atomic mass is 35.5. The van der Waals surface area contributed by atoms with Crippen molar-refractivity contribution in [1.82, 2.24) is 4.90 Å². The Hall–Kier alpha value is -2.86. The zero-order chi connectivity index (χ0) is 22.1. The fourth-order valence-electron chi connectivity index (χ4n) is 2.98. The molecule has 0 heterocycles. The zero-order valence-corrected chi connectivity index (χ0v) is 18.2. The summed E-state index contributed by atoms with van der Waals surface area (Å²) in [6, 6.07) is 16.2. The Morgan fingerprint density at radius 1 is 1.07 bits per heavy atom. The van der Waals surface area contributed by atoms with Crippen molar-refractivity contribution in [2.24, 2.45) is 5.92 Å². The van der Waals surface area contributed by atoms with Crippen LogP contribution in [-0.2, 0) is 19.1 Å².